The van der Waals surface area contributed by atoms with Crippen LogP contribution in [0.2, 0.25) is 0 Å². The van der Waals surface area contributed by atoms with Gasteiger partial charge in [-0.25, -0.2) is 0 Å². The van der Waals surface area contributed by atoms with Gasteiger partial charge in [-0.1, -0.05) is 13.8 Å². The zero-order chi connectivity index (χ0) is 18.8. The van der Waals surface area contributed by atoms with Gasteiger partial charge in [-0.15, -0.1) is 0 Å². The van der Waals surface area contributed by atoms with Crippen LogP contribution in [0.4, 0.5) is 5.69 Å². The average Bonchev–Trinajstić information content (AvgIpc) is 2.55. The van der Waals surface area contributed by atoms with E-state index in [1.807, 2.05) is 43.0 Å². The third-order valence-corrected chi connectivity index (χ3v) is 3.79. The van der Waals surface area contributed by atoms with E-state index in [2.05, 4.69) is 13.8 Å². The third kappa shape index (κ3) is 7.16. The maximum absolute atomic E-state index is 12.4. The molecule has 0 N–H and O–H groups in total. The molecule has 0 aliphatic heterocycles. The number of ether oxygens (including phenoxy) is 1. The van der Waals surface area contributed by atoms with Crippen molar-refractivity contribution in [3.05, 3.63) is 24.3 Å². The number of carbonyl (C=O) groups is 2. The molecule has 140 valence electrons. The van der Waals surface area contributed by atoms with Gasteiger partial charge in [0.2, 0.25) is 11.8 Å². The highest BCUT2D eigenvalue weighted by Gasteiger charge is 2.17. The Morgan fingerprint density at radius 1 is 1.00 bits per heavy atom. The van der Waals surface area contributed by atoms with Crippen LogP contribution in [0.1, 0.15) is 53.9 Å². The van der Waals surface area contributed by atoms with E-state index >= 15 is 0 Å². The topological polar surface area (TPSA) is 49.9 Å². The SMILES string of the molecule is CCCN(CCC)C(=O)CCN(C(C)=O)c1ccc(OC(C)C)cc1. The molecule has 0 aromatic heterocycles. The molecule has 0 unspecified atom stereocenters. The fourth-order valence-corrected chi connectivity index (χ4v) is 2.71. The zero-order valence-corrected chi connectivity index (χ0v) is 16.2. The average molecular weight is 348 g/mol. The summed E-state index contributed by atoms with van der Waals surface area (Å²) in [5.41, 5.74) is 0.786. The molecule has 1 aromatic rings. The lowest BCUT2D eigenvalue weighted by atomic mass is 10.2. The third-order valence-electron chi connectivity index (χ3n) is 3.79. The van der Waals surface area contributed by atoms with Gasteiger partial charge in [-0.2, -0.15) is 0 Å². The van der Waals surface area contributed by atoms with Crippen molar-refractivity contribution in [2.45, 2.75) is 60.0 Å². The van der Waals surface area contributed by atoms with Crippen LogP contribution in [0.5, 0.6) is 5.75 Å². The summed E-state index contributed by atoms with van der Waals surface area (Å²) < 4.78 is 5.63. The normalized spacial score (nSPS) is 10.6. The first-order valence-electron chi connectivity index (χ1n) is 9.21. The summed E-state index contributed by atoms with van der Waals surface area (Å²) in [6, 6.07) is 7.43. The first-order chi connectivity index (χ1) is 11.9. The maximum atomic E-state index is 12.4. The number of hydrogen-bond donors (Lipinski definition) is 0. The minimum absolute atomic E-state index is 0.0668. The van der Waals surface area contributed by atoms with Gasteiger partial charge in [0.15, 0.2) is 0 Å². The van der Waals surface area contributed by atoms with Crippen molar-refractivity contribution in [2.24, 2.45) is 0 Å². The van der Waals surface area contributed by atoms with E-state index in [4.69, 9.17) is 4.74 Å². The van der Waals surface area contributed by atoms with Crippen molar-refractivity contribution >= 4 is 17.5 Å². The van der Waals surface area contributed by atoms with E-state index in [0.717, 1.165) is 37.4 Å². The number of nitrogens with zero attached hydrogens (tertiary/aromatic N) is 2. The van der Waals surface area contributed by atoms with Crippen LogP contribution in [-0.2, 0) is 9.59 Å². The van der Waals surface area contributed by atoms with E-state index in [1.165, 1.54) is 6.92 Å². The first kappa shape index (κ1) is 21.0. The van der Waals surface area contributed by atoms with Crippen LogP contribution < -0.4 is 9.64 Å². The summed E-state index contributed by atoms with van der Waals surface area (Å²) >= 11 is 0. The smallest absolute Gasteiger partial charge is 0.224 e. The van der Waals surface area contributed by atoms with E-state index in [0.29, 0.717) is 13.0 Å². The van der Waals surface area contributed by atoms with Gasteiger partial charge in [0.25, 0.3) is 0 Å². The quantitative estimate of drug-likeness (QED) is 0.645. The maximum Gasteiger partial charge on any atom is 0.224 e. The second-order valence-electron chi connectivity index (χ2n) is 6.46. The largest absolute Gasteiger partial charge is 0.491 e. The predicted molar refractivity (Wildman–Crippen MR) is 102 cm³/mol. The molecule has 2 amide bonds. The number of rotatable bonds is 10. The molecule has 0 radical (unpaired) electrons. The molecule has 5 nitrogen and oxygen atoms in total. The molecular weight excluding hydrogens is 316 g/mol. The van der Waals surface area contributed by atoms with Crippen LogP contribution >= 0.6 is 0 Å². The highest BCUT2D eigenvalue weighted by molar-refractivity contribution is 5.92. The molecule has 1 aromatic carbocycles. The Hall–Kier alpha value is -2.04. The number of carbonyl (C=O) groups excluding carboxylic acids is 2. The van der Waals surface area contributed by atoms with Crippen LogP contribution in [0.3, 0.4) is 0 Å². The Bertz CT molecular complexity index is 534. The van der Waals surface area contributed by atoms with Crippen molar-refractivity contribution in [3.8, 4) is 5.75 Å². The van der Waals surface area contributed by atoms with E-state index < -0.39 is 0 Å². The minimum Gasteiger partial charge on any atom is -0.491 e. The molecular formula is C20H32N2O3. The van der Waals surface area contributed by atoms with Crippen molar-refractivity contribution < 1.29 is 14.3 Å². The first-order valence-corrected chi connectivity index (χ1v) is 9.21. The molecule has 0 fully saturated rings. The Kier molecular flexibility index (Phi) is 9.03. The zero-order valence-electron chi connectivity index (χ0n) is 16.2. The Balaban J connectivity index is 2.74. The lowest BCUT2D eigenvalue weighted by Gasteiger charge is -2.25. The predicted octanol–water partition coefficient (Wildman–Crippen LogP) is 3.87. The summed E-state index contributed by atoms with van der Waals surface area (Å²) in [7, 11) is 0. The fourth-order valence-electron chi connectivity index (χ4n) is 2.71. The number of hydrogen-bond acceptors (Lipinski definition) is 3. The summed E-state index contributed by atoms with van der Waals surface area (Å²) in [6.45, 7) is 11.5. The summed E-state index contributed by atoms with van der Waals surface area (Å²) in [5, 5.41) is 0. The fraction of sp³-hybridized carbons (Fsp3) is 0.600. The Morgan fingerprint density at radius 3 is 2.00 bits per heavy atom. The number of benzene rings is 1. The molecule has 0 atom stereocenters. The van der Waals surface area contributed by atoms with Crippen molar-refractivity contribution in [1.82, 2.24) is 4.90 Å². The van der Waals surface area contributed by atoms with E-state index in [-0.39, 0.29) is 17.9 Å². The molecule has 0 aliphatic rings. The van der Waals surface area contributed by atoms with Gasteiger partial charge in [0.05, 0.1) is 6.10 Å². The Labute approximate surface area is 151 Å². The summed E-state index contributed by atoms with van der Waals surface area (Å²) in [5.74, 6) is 0.813. The van der Waals surface area contributed by atoms with Crippen molar-refractivity contribution in [2.75, 3.05) is 24.5 Å². The van der Waals surface area contributed by atoms with Gasteiger partial charge in [0, 0.05) is 38.7 Å². The summed E-state index contributed by atoms with van der Waals surface area (Å²) in [6.07, 6.45) is 2.33. The molecule has 0 saturated heterocycles. The Morgan fingerprint density at radius 2 is 1.56 bits per heavy atom. The van der Waals surface area contributed by atoms with Crippen LogP contribution in [0.25, 0.3) is 0 Å². The standard InChI is InChI=1S/C20H32N2O3/c1-6-13-21(14-7-2)20(24)12-15-22(17(5)23)18-8-10-19(11-9-18)25-16(3)4/h8-11,16H,6-7,12-15H2,1-5H3. The van der Waals surface area contributed by atoms with Gasteiger partial charge in [-0.3, -0.25) is 9.59 Å². The number of amides is 2. The van der Waals surface area contributed by atoms with Gasteiger partial charge in [-0.05, 0) is 51.0 Å². The van der Waals surface area contributed by atoms with Crippen LogP contribution in [-0.4, -0.2) is 42.5 Å². The minimum atomic E-state index is -0.0668. The lowest BCUT2D eigenvalue weighted by molar-refractivity contribution is -0.131. The van der Waals surface area contributed by atoms with Gasteiger partial charge >= 0.3 is 0 Å². The monoisotopic (exact) mass is 348 g/mol. The van der Waals surface area contributed by atoms with E-state index in [9.17, 15) is 9.59 Å². The molecule has 1 rings (SSSR count). The molecule has 0 aliphatic carbocycles. The van der Waals surface area contributed by atoms with Gasteiger partial charge < -0.3 is 14.5 Å². The van der Waals surface area contributed by atoms with Gasteiger partial charge in [0.1, 0.15) is 5.75 Å². The molecule has 0 bridgehead atoms. The van der Waals surface area contributed by atoms with E-state index in [1.54, 1.807) is 4.90 Å². The molecule has 5 heteroatoms. The second kappa shape index (κ2) is 10.7. The van der Waals surface area contributed by atoms with Crippen molar-refractivity contribution in [3.63, 3.8) is 0 Å². The molecule has 25 heavy (non-hydrogen) atoms. The molecule has 0 saturated carbocycles. The second-order valence-corrected chi connectivity index (χ2v) is 6.46. The highest BCUT2D eigenvalue weighted by Crippen LogP contribution is 2.21. The highest BCUT2D eigenvalue weighted by atomic mass is 16.5. The van der Waals surface area contributed by atoms with Crippen LogP contribution in [0, 0.1) is 0 Å². The number of anilines is 1. The summed E-state index contributed by atoms with van der Waals surface area (Å²) in [4.78, 5) is 28.0. The van der Waals surface area contributed by atoms with Crippen molar-refractivity contribution in [1.29, 1.82) is 0 Å². The molecule has 0 heterocycles. The molecule has 0 spiro atoms. The lowest BCUT2D eigenvalue weighted by Crippen LogP contribution is -2.37. The van der Waals surface area contributed by atoms with Crippen LogP contribution in [0.15, 0.2) is 24.3 Å².